The molecule has 0 saturated heterocycles. The molecule has 0 unspecified atom stereocenters. The van der Waals surface area contributed by atoms with Crippen LogP contribution >= 0.6 is 0 Å². The molecule has 61 heavy (non-hydrogen) atoms. The van der Waals surface area contributed by atoms with Crippen molar-refractivity contribution in [3.8, 4) is 23.0 Å². The van der Waals surface area contributed by atoms with Crippen molar-refractivity contribution in [3.05, 3.63) is 119 Å². The number of hydrogen-bond donors (Lipinski definition) is 12. The highest BCUT2D eigenvalue weighted by molar-refractivity contribution is 5.93. The lowest BCUT2D eigenvalue weighted by Crippen LogP contribution is -2.57. The fourth-order valence-electron chi connectivity index (χ4n) is 5.68. The third-order valence-electron chi connectivity index (χ3n) is 8.66. The molecule has 0 bridgehead atoms. The number of carbonyl (C=O) groups is 7. The van der Waals surface area contributed by atoms with Gasteiger partial charge >= 0.3 is 0 Å². The standard InChI is InChI=1S/C22H26N4O6.C20H24N4O5/c1-13(27)23-19(11-15-3-7-17(29)8-4-15)21(31)24-20(22(32)26-25-14(2)28)12-16-5-9-18(30)10-6-16;1-12(25)22-17(10-13-2-6-15(26)7-3-13)19(28)23-18(20(29)24-21)11-14-4-8-16(27)9-5-14/h3-10,19-20,29-30H,11-12H2,1-2H3,(H,23,27)(H,24,31)(H,25,28)(H,26,32);2-9,17-18,26-27H,10-11,21H2,1H3,(H,22,25)(H,23,28)(H,24,29)/t19-,20-;17-,18-/m00/s1. The van der Waals surface area contributed by atoms with Crippen molar-refractivity contribution in [2.45, 2.75) is 70.6 Å². The largest absolute Gasteiger partial charge is 0.508 e. The van der Waals surface area contributed by atoms with Crippen LogP contribution in [-0.2, 0) is 59.2 Å². The first-order valence-corrected chi connectivity index (χ1v) is 18.8. The van der Waals surface area contributed by atoms with Gasteiger partial charge in [-0.25, -0.2) is 5.84 Å². The number of phenolic OH excluding ortho intramolecular Hbond substituents is 4. The summed E-state index contributed by atoms with van der Waals surface area (Å²) in [5.74, 6) is 1.79. The van der Waals surface area contributed by atoms with E-state index in [0.29, 0.717) is 16.7 Å². The first-order valence-electron chi connectivity index (χ1n) is 18.8. The number of hydrazine groups is 2. The lowest BCUT2D eigenvalue weighted by atomic mass is 10.0. The molecule has 0 saturated carbocycles. The fraction of sp³-hybridized carbons (Fsp3) is 0.262. The molecule has 0 fully saturated rings. The van der Waals surface area contributed by atoms with E-state index in [1.807, 2.05) is 5.43 Å². The van der Waals surface area contributed by atoms with E-state index in [2.05, 4.69) is 32.1 Å². The van der Waals surface area contributed by atoms with Crippen molar-refractivity contribution >= 4 is 41.4 Å². The van der Waals surface area contributed by atoms with Crippen LogP contribution in [0.4, 0.5) is 0 Å². The molecule has 13 N–H and O–H groups in total. The number of hydrogen-bond acceptors (Lipinski definition) is 12. The number of benzene rings is 4. The predicted molar refractivity (Wildman–Crippen MR) is 221 cm³/mol. The van der Waals surface area contributed by atoms with Crippen LogP contribution in [0.25, 0.3) is 0 Å². The van der Waals surface area contributed by atoms with E-state index in [0.717, 1.165) is 5.56 Å². The molecule has 0 aliphatic carbocycles. The summed E-state index contributed by atoms with van der Waals surface area (Å²) in [6.45, 7) is 3.78. The van der Waals surface area contributed by atoms with Crippen LogP contribution in [0, 0.1) is 0 Å². The Morgan fingerprint density at radius 1 is 0.393 bits per heavy atom. The smallest absolute Gasteiger partial charge is 0.261 e. The third-order valence-corrected chi connectivity index (χ3v) is 8.66. The molecule has 0 radical (unpaired) electrons. The van der Waals surface area contributed by atoms with Gasteiger partial charge in [0.05, 0.1) is 0 Å². The minimum atomic E-state index is -1.07. The summed E-state index contributed by atoms with van der Waals surface area (Å²) in [4.78, 5) is 84.8. The lowest BCUT2D eigenvalue weighted by molar-refractivity contribution is -0.133. The van der Waals surface area contributed by atoms with Gasteiger partial charge in [0.1, 0.15) is 47.2 Å². The summed E-state index contributed by atoms with van der Waals surface area (Å²) in [7, 11) is 0. The van der Waals surface area contributed by atoms with Gasteiger partial charge in [0.2, 0.25) is 29.5 Å². The zero-order valence-electron chi connectivity index (χ0n) is 33.6. The number of phenols is 4. The van der Waals surface area contributed by atoms with Crippen molar-refractivity contribution in [1.29, 1.82) is 0 Å². The average Bonchev–Trinajstić information content (AvgIpc) is 3.21. The van der Waals surface area contributed by atoms with E-state index in [-0.39, 0.29) is 48.7 Å². The number of nitrogens with two attached hydrogens (primary N) is 1. The Hall–Kier alpha value is -7.67. The molecule has 4 aromatic rings. The fourth-order valence-corrected chi connectivity index (χ4v) is 5.68. The molecule has 7 amide bonds. The van der Waals surface area contributed by atoms with Gasteiger partial charge in [0, 0.05) is 46.5 Å². The van der Waals surface area contributed by atoms with Gasteiger partial charge in [-0.1, -0.05) is 48.5 Å². The van der Waals surface area contributed by atoms with Crippen molar-refractivity contribution in [2.75, 3.05) is 0 Å². The van der Waals surface area contributed by atoms with Crippen molar-refractivity contribution in [1.82, 2.24) is 37.5 Å². The highest BCUT2D eigenvalue weighted by atomic mass is 16.3. The molecule has 4 atom stereocenters. The molecule has 0 aliphatic heterocycles. The van der Waals surface area contributed by atoms with Crippen LogP contribution in [0.1, 0.15) is 43.0 Å². The molecule has 19 nitrogen and oxygen atoms in total. The molecule has 0 spiro atoms. The second-order valence-corrected chi connectivity index (χ2v) is 13.8. The minimum Gasteiger partial charge on any atom is -0.508 e. The van der Waals surface area contributed by atoms with Crippen molar-refractivity contribution in [3.63, 3.8) is 0 Å². The van der Waals surface area contributed by atoms with E-state index in [9.17, 15) is 54.0 Å². The quantitative estimate of drug-likeness (QED) is 0.0400. The highest BCUT2D eigenvalue weighted by Crippen LogP contribution is 2.15. The van der Waals surface area contributed by atoms with Crippen LogP contribution in [0.3, 0.4) is 0 Å². The maximum atomic E-state index is 13.0. The Morgan fingerprint density at radius 2 is 0.656 bits per heavy atom. The first kappa shape index (κ1) is 47.7. The SMILES string of the molecule is CC(=O)NNC(=O)[C@H](Cc1ccc(O)cc1)NC(=O)[C@H](Cc1ccc(O)cc1)NC(C)=O.CC(=O)N[C@@H](Cc1ccc(O)cc1)C(=O)N[C@@H](Cc1ccc(O)cc1)C(=O)NN. The molecule has 0 aromatic heterocycles. The van der Waals surface area contributed by atoms with E-state index in [1.54, 1.807) is 48.5 Å². The van der Waals surface area contributed by atoms with Gasteiger partial charge in [0.25, 0.3) is 11.8 Å². The Balaban J connectivity index is 0.000000327. The Bertz CT molecular complexity index is 2120. The Kier molecular flexibility index (Phi) is 18.5. The molecule has 4 rings (SSSR count). The van der Waals surface area contributed by atoms with Crippen LogP contribution in [0.15, 0.2) is 97.1 Å². The van der Waals surface area contributed by atoms with Gasteiger partial charge in [-0.15, -0.1) is 0 Å². The van der Waals surface area contributed by atoms with E-state index in [4.69, 9.17) is 5.84 Å². The van der Waals surface area contributed by atoms with Crippen molar-refractivity contribution < 1.29 is 54.0 Å². The molecular weight excluding hydrogens is 793 g/mol. The summed E-state index contributed by atoms with van der Waals surface area (Å²) in [5, 5.41) is 48.0. The third kappa shape index (κ3) is 17.4. The number of amides is 7. The Labute approximate surface area is 351 Å². The number of rotatable bonds is 16. The summed E-state index contributed by atoms with van der Waals surface area (Å²) in [6, 6.07) is 20.7. The second kappa shape index (κ2) is 23.7. The van der Waals surface area contributed by atoms with Crippen LogP contribution < -0.4 is 43.4 Å². The summed E-state index contributed by atoms with van der Waals surface area (Å²) < 4.78 is 0. The van der Waals surface area contributed by atoms with Gasteiger partial charge in [0.15, 0.2) is 0 Å². The molecule has 4 aromatic carbocycles. The van der Waals surface area contributed by atoms with E-state index in [1.165, 1.54) is 69.3 Å². The number of aromatic hydroxyl groups is 4. The van der Waals surface area contributed by atoms with Gasteiger partial charge in [-0.05, 0) is 70.8 Å². The number of carbonyl (C=O) groups excluding carboxylic acids is 7. The monoisotopic (exact) mass is 842 g/mol. The summed E-state index contributed by atoms with van der Waals surface area (Å²) in [6.07, 6.45) is 0.511. The zero-order chi connectivity index (χ0) is 45.1. The van der Waals surface area contributed by atoms with Crippen LogP contribution in [0.2, 0.25) is 0 Å². The van der Waals surface area contributed by atoms with E-state index >= 15 is 0 Å². The predicted octanol–water partition coefficient (Wildman–Crippen LogP) is -0.0978. The topological polar surface area (TPSA) is 311 Å². The maximum absolute atomic E-state index is 13.0. The minimum absolute atomic E-state index is 0.0525. The lowest BCUT2D eigenvalue weighted by Gasteiger charge is -2.23. The summed E-state index contributed by atoms with van der Waals surface area (Å²) in [5.41, 5.74) is 9.19. The molecule has 0 heterocycles. The molecule has 0 aliphatic rings. The van der Waals surface area contributed by atoms with Crippen molar-refractivity contribution in [2.24, 2.45) is 5.84 Å². The zero-order valence-corrected chi connectivity index (χ0v) is 33.6. The van der Waals surface area contributed by atoms with Crippen LogP contribution in [-0.4, -0.2) is 85.9 Å². The molecule has 324 valence electrons. The molecule has 19 heteroatoms. The highest BCUT2D eigenvalue weighted by Gasteiger charge is 2.28. The normalized spacial score (nSPS) is 12.3. The average molecular weight is 843 g/mol. The van der Waals surface area contributed by atoms with Gasteiger partial charge in [-0.3, -0.25) is 49.8 Å². The first-order chi connectivity index (χ1) is 28.9. The van der Waals surface area contributed by atoms with Crippen LogP contribution in [0.5, 0.6) is 23.0 Å². The second-order valence-electron chi connectivity index (χ2n) is 13.8. The van der Waals surface area contributed by atoms with Gasteiger partial charge < -0.3 is 41.7 Å². The number of nitrogens with one attached hydrogen (secondary N) is 7. The maximum Gasteiger partial charge on any atom is 0.261 e. The molecular formula is C42H50N8O11. The Morgan fingerprint density at radius 3 is 0.902 bits per heavy atom. The van der Waals surface area contributed by atoms with E-state index < -0.39 is 65.5 Å². The summed E-state index contributed by atoms with van der Waals surface area (Å²) >= 11 is 0. The van der Waals surface area contributed by atoms with Gasteiger partial charge in [-0.2, -0.15) is 0 Å².